The van der Waals surface area contributed by atoms with Gasteiger partial charge in [-0.15, -0.1) is 23.2 Å². The Morgan fingerprint density at radius 3 is 1.81 bits per heavy atom. The second-order valence-corrected chi connectivity index (χ2v) is 5.97. The summed E-state index contributed by atoms with van der Waals surface area (Å²) < 4.78 is 0. The number of benzene rings is 2. The fraction of sp³-hybridized carbons (Fsp3) is 0.294. The second-order valence-electron chi connectivity index (χ2n) is 4.78. The lowest BCUT2D eigenvalue weighted by Gasteiger charge is -2.31. The van der Waals surface area contributed by atoms with Gasteiger partial charge in [0.15, 0.2) is 0 Å². The molecule has 1 nitrogen and oxygen atoms in total. The predicted molar refractivity (Wildman–Crippen MR) is 92.8 cm³/mol. The van der Waals surface area contributed by atoms with Gasteiger partial charge in [0.2, 0.25) is 0 Å². The van der Waals surface area contributed by atoms with Crippen LogP contribution in [0.3, 0.4) is 0 Å². The standard InChI is InChI=1S/C17H18Cl3N/c18-10-12-21(13-11-19)17(14-4-2-1-3-5-14)15-6-8-16(20)9-7-15/h1-9,17H,10-13H2. The van der Waals surface area contributed by atoms with Gasteiger partial charge in [-0.3, -0.25) is 4.90 Å². The van der Waals surface area contributed by atoms with E-state index in [1.54, 1.807) is 0 Å². The van der Waals surface area contributed by atoms with Crippen LogP contribution in [0.1, 0.15) is 17.2 Å². The lowest BCUT2D eigenvalue weighted by Crippen LogP contribution is -2.33. The van der Waals surface area contributed by atoms with E-state index in [-0.39, 0.29) is 6.04 Å². The van der Waals surface area contributed by atoms with Crippen LogP contribution in [-0.4, -0.2) is 29.7 Å². The Morgan fingerprint density at radius 2 is 1.29 bits per heavy atom. The van der Waals surface area contributed by atoms with Crippen molar-refractivity contribution in [1.29, 1.82) is 0 Å². The molecule has 0 aliphatic rings. The average molecular weight is 343 g/mol. The van der Waals surface area contributed by atoms with Gasteiger partial charge in [-0.05, 0) is 23.3 Å². The van der Waals surface area contributed by atoms with Crippen LogP contribution in [0, 0.1) is 0 Å². The molecule has 21 heavy (non-hydrogen) atoms. The van der Waals surface area contributed by atoms with E-state index in [1.165, 1.54) is 11.1 Å². The van der Waals surface area contributed by atoms with Crippen LogP contribution in [-0.2, 0) is 0 Å². The van der Waals surface area contributed by atoms with Crippen molar-refractivity contribution in [3.63, 3.8) is 0 Å². The molecule has 0 radical (unpaired) electrons. The molecule has 0 heterocycles. The third-order valence-electron chi connectivity index (χ3n) is 3.41. The van der Waals surface area contributed by atoms with Gasteiger partial charge in [0.05, 0.1) is 6.04 Å². The second kappa shape index (κ2) is 8.65. The zero-order valence-electron chi connectivity index (χ0n) is 11.7. The number of halogens is 3. The van der Waals surface area contributed by atoms with Gasteiger partial charge in [0.1, 0.15) is 0 Å². The van der Waals surface area contributed by atoms with Crippen molar-refractivity contribution in [1.82, 2.24) is 4.90 Å². The van der Waals surface area contributed by atoms with Crippen molar-refractivity contribution in [2.45, 2.75) is 6.04 Å². The van der Waals surface area contributed by atoms with Gasteiger partial charge in [0.25, 0.3) is 0 Å². The third kappa shape index (κ3) is 4.62. The van der Waals surface area contributed by atoms with Crippen molar-refractivity contribution in [3.8, 4) is 0 Å². The van der Waals surface area contributed by atoms with E-state index in [1.807, 2.05) is 18.2 Å². The SMILES string of the molecule is ClCCN(CCCl)C(c1ccccc1)c1ccc(Cl)cc1. The molecule has 0 saturated heterocycles. The van der Waals surface area contributed by atoms with Crippen molar-refractivity contribution in [2.24, 2.45) is 0 Å². The van der Waals surface area contributed by atoms with Crippen LogP contribution < -0.4 is 0 Å². The summed E-state index contributed by atoms with van der Waals surface area (Å²) in [6, 6.07) is 18.5. The van der Waals surface area contributed by atoms with E-state index in [9.17, 15) is 0 Å². The number of rotatable bonds is 7. The first kappa shape index (κ1) is 16.6. The van der Waals surface area contributed by atoms with E-state index in [4.69, 9.17) is 34.8 Å². The zero-order valence-corrected chi connectivity index (χ0v) is 14.0. The highest BCUT2D eigenvalue weighted by Crippen LogP contribution is 2.29. The smallest absolute Gasteiger partial charge is 0.0602 e. The Morgan fingerprint density at radius 1 is 0.762 bits per heavy atom. The van der Waals surface area contributed by atoms with E-state index in [2.05, 4.69) is 41.3 Å². The number of alkyl halides is 2. The largest absolute Gasteiger partial charge is 0.290 e. The molecule has 0 N–H and O–H groups in total. The molecule has 0 bridgehead atoms. The monoisotopic (exact) mass is 341 g/mol. The minimum absolute atomic E-state index is 0.140. The lowest BCUT2D eigenvalue weighted by atomic mass is 9.97. The summed E-state index contributed by atoms with van der Waals surface area (Å²) in [5.41, 5.74) is 2.43. The van der Waals surface area contributed by atoms with Gasteiger partial charge >= 0.3 is 0 Å². The van der Waals surface area contributed by atoms with E-state index in [0.29, 0.717) is 11.8 Å². The van der Waals surface area contributed by atoms with Crippen LogP contribution >= 0.6 is 34.8 Å². The van der Waals surface area contributed by atoms with Gasteiger partial charge in [-0.2, -0.15) is 0 Å². The topological polar surface area (TPSA) is 3.24 Å². The highest BCUT2D eigenvalue weighted by molar-refractivity contribution is 6.30. The summed E-state index contributed by atoms with van der Waals surface area (Å²) in [6.45, 7) is 1.58. The van der Waals surface area contributed by atoms with Gasteiger partial charge in [-0.25, -0.2) is 0 Å². The Bertz CT molecular complexity index is 521. The Labute approximate surface area is 141 Å². The summed E-state index contributed by atoms with van der Waals surface area (Å²) in [7, 11) is 0. The maximum atomic E-state index is 6.01. The number of nitrogens with zero attached hydrogens (tertiary/aromatic N) is 1. The normalized spacial score (nSPS) is 12.6. The van der Waals surface area contributed by atoms with E-state index in [0.717, 1.165) is 18.1 Å². The maximum absolute atomic E-state index is 6.01. The van der Waals surface area contributed by atoms with E-state index >= 15 is 0 Å². The van der Waals surface area contributed by atoms with Crippen LogP contribution in [0.5, 0.6) is 0 Å². The molecule has 0 aliphatic heterocycles. The van der Waals surface area contributed by atoms with Crippen molar-refractivity contribution < 1.29 is 0 Å². The summed E-state index contributed by atoms with van der Waals surface area (Å²) in [4.78, 5) is 2.30. The maximum Gasteiger partial charge on any atom is 0.0602 e. The first-order valence-electron chi connectivity index (χ1n) is 6.92. The molecule has 0 fully saturated rings. The predicted octanol–water partition coefficient (Wildman–Crippen LogP) is 5.21. The van der Waals surface area contributed by atoms with Crippen LogP contribution in [0.4, 0.5) is 0 Å². The molecule has 0 spiro atoms. The van der Waals surface area contributed by atoms with E-state index < -0.39 is 0 Å². The molecule has 2 aromatic carbocycles. The molecule has 1 unspecified atom stereocenters. The first-order chi connectivity index (χ1) is 10.3. The molecule has 0 amide bonds. The molecule has 0 aliphatic carbocycles. The number of hydrogen-bond donors (Lipinski definition) is 0. The fourth-order valence-corrected chi connectivity index (χ4v) is 3.04. The number of hydrogen-bond acceptors (Lipinski definition) is 1. The van der Waals surface area contributed by atoms with Crippen LogP contribution in [0.15, 0.2) is 54.6 Å². The molecule has 0 aromatic heterocycles. The van der Waals surface area contributed by atoms with Gasteiger partial charge < -0.3 is 0 Å². The van der Waals surface area contributed by atoms with Crippen molar-refractivity contribution in [2.75, 3.05) is 24.8 Å². The third-order valence-corrected chi connectivity index (χ3v) is 4.00. The lowest BCUT2D eigenvalue weighted by molar-refractivity contribution is 0.254. The van der Waals surface area contributed by atoms with Gasteiger partial charge in [0, 0.05) is 29.9 Å². The minimum atomic E-state index is 0.140. The Kier molecular flexibility index (Phi) is 6.85. The quantitative estimate of drug-likeness (QED) is 0.624. The molecule has 0 saturated carbocycles. The molecule has 4 heteroatoms. The highest BCUT2D eigenvalue weighted by Gasteiger charge is 2.21. The fourth-order valence-electron chi connectivity index (χ4n) is 2.48. The Balaban J connectivity index is 2.40. The van der Waals surface area contributed by atoms with Gasteiger partial charge in [-0.1, -0.05) is 54.1 Å². The summed E-state index contributed by atoms with van der Waals surface area (Å²) in [6.07, 6.45) is 0. The molecular weight excluding hydrogens is 325 g/mol. The molecule has 2 aromatic rings. The summed E-state index contributed by atoms with van der Waals surface area (Å²) >= 11 is 17.9. The highest BCUT2D eigenvalue weighted by atomic mass is 35.5. The molecule has 112 valence electrons. The minimum Gasteiger partial charge on any atom is -0.290 e. The summed E-state index contributed by atoms with van der Waals surface area (Å²) in [5, 5.41) is 0.742. The molecule has 2 rings (SSSR count). The van der Waals surface area contributed by atoms with Crippen LogP contribution in [0.25, 0.3) is 0 Å². The molecular formula is C17H18Cl3N. The van der Waals surface area contributed by atoms with Crippen molar-refractivity contribution >= 4 is 34.8 Å². The molecule has 1 atom stereocenters. The average Bonchev–Trinajstić information content (AvgIpc) is 2.51. The summed E-state index contributed by atoms with van der Waals surface area (Å²) in [5.74, 6) is 1.15. The Hall–Kier alpha value is -0.730. The van der Waals surface area contributed by atoms with Crippen molar-refractivity contribution in [3.05, 3.63) is 70.7 Å². The zero-order chi connectivity index (χ0) is 15.1. The first-order valence-corrected chi connectivity index (χ1v) is 8.37. The van der Waals surface area contributed by atoms with Crippen LogP contribution in [0.2, 0.25) is 5.02 Å².